The Morgan fingerprint density at radius 1 is 1.32 bits per heavy atom. The summed E-state index contributed by atoms with van der Waals surface area (Å²) in [6.45, 7) is 6.24. The molecule has 3 nitrogen and oxygen atoms in total. The number of thioether (sulfide) groups is 1. The van der Waals surface area contributed by atoms with Gasteiger partial charge < -0.3 is 5.32 Å². The summed E-state index contributed by atoms with van der Waals surface area (Å²) in [7, 11) is -2.86. The molecule has 0 spiro atoms. The van der Waals surface area contributed by atoms with Crippen molar-refractivity contribution in [2.45, 2.75) is 25.3 Å². The molecule has 0 aliphatic heterocycles. The highest BCUT2D eigenvalue weighted by Crippen LogP contribution is 2.19. The molecule has 0 bridgehead atoms. The van der Waals surface area contributed by atoms with Crippen molar-refractivity contribution in [3.8, 4) is 0 Å². The van der Waals surface area contributed by atoms with Gasteiger partial charge >= 0.3 is 0 Å². The van der Waals surface area contributed by atoms with E-state index in [2.05, 4.69) is 31.3 Å². The Morgan fingerprint density at radius 2 is 2.05 bits per heavy atom. The van der Waals surface area contributed by atoms with Gasteiger partial charge in [-0.1, -0.05) is 26.0 Å². The van der Waals surface area contributed by atoms with Gasteiger partial charge in [-0.05, 0) is 30.2 Å². The quantitative estimate of drug-likeness (QED) is 0.750. The maximum atomic E-state index is 11.1. The third kappa shape index (κ3) is 8.29. The summed E-state index contributed by atoms with van der Waals surface area (Å²) < 4.78 is 22.1. The summed E-state index contributed by atoms with van der Waals surface area (Å²) in [6, 6.07) is 8.27. The lowest BCUT2D eigenvalue weighted by atomic mass is 10.2. The first-order valence-corrected chi connectivity index (χ1v) is 9.51. The highest BCUT2D eigenvalue weighted by Gasteiger charge is 2.03. The molecule has 0 radical (unpaired) electrons. The highest BCUT2D eigenvalue weighted by molar-refractivity contribution is 8.00. The second-order valence-electron chi connectivity index (χ2n) is 5.15. The third-order valence-corrected chi connectivity index (χ3v) is 4.70. The maximum Gasteiger partial charge on any atom is 0.148 e. The van der Waals surface area contributed by atoms with Crippen molar-refractivity contribution in [2.24, 2.45) is 5.92 Å². The molecule has 0 aliphatic rings. The van der Waals surface area contributed by atoms with Crippen molar-refractivity contribution in [3.05, 3.63) is 29.8 Å². The Balaban J connectivity index is 2.43. The van der Waals surface area contributed by atoms with E-state index >= 15 is 0 Å². The lowest BCUT2D eigenvalue weighted by Crippen LogP contribution is -2.18. The molecule has 1 rings (SSSR count). The van der Waals surface area contributed by atoms with Crippen LogP contribution in [0.5, 0.6) is 0 Å². The zero-order chi connectivity index (χ0) is 14.3. The molecule has 1 N–H and O–H groups in total. The second-order valence-corrected chi connectivity index (χ2v) is 8.58. The van der Waals surface area contributed by atoms with Crippen molar-refractivity contribution in [1.82, 2.24) is 5.32 Å². The summed E-state index contributed by atoms with van der Waals surface area (Å²) >= 11 is 1.59. The minimum absolute atomic E-state index is 0.230. The van der Waals surface area contributed by atoms with Crippen LogP contribution in [0.25, 0.3) is 0 Å². The Hall–Kier alpha value is -0.520. The summed E-state index contributed by atoms with van der Waals surface area (Å²) in [6.07, 6.45) is 1.28. The summed E-state index contributed by atoms with van der Waals surface area (Å²) in [4.78, 5) is 1.13. The fraction of sp³-hybridized carbons (Fsp3) is 0.571. The number of sulfone groups is 1. The predicted molar refractivity (Wildman–Crippen MR) is 83.4 cm³/mol. The van der Waals surface area contributed by atoms with Gasteiger partial charge in [0.1, 0.15) is 9.84 Å². The number of hydrogen-bond acceptors (Lipinski definition) is 4. The Kier molecular flexibility index (Phi) is 6.89. The van der Waals surface area contributed by atoms with Gasteiger partial charge in [-0.3, -0.25) is 0 Å². The molecule has 108 valence electrons. The van der Waals surface area contributed by atoms with Crippen molar-refractivity contribution in [3.63, 3.8) is 0 Å². The minimum Gasteiger partial charge on any atom is -0.312 e. The Morgan fingerprint density at radius 3 is 2.68 bits per heavy atom. The molecule has 19 heavy (non-hydrogen) atoms. The van der Waals surface area contributed by atoms with E-state index in [1.165, 1.54) is 11.8 Å². The van der Waals surface area contributed by atoms with Crippen LogP contribution in [0.3, 0.4) is 0 Å². The Labute approximate surface area is 121 Å². The first-order valence-electron chi connectivity index (χ1n) is 6.47. The number of nitrogens with one attached hydrogen (secondary N) is 1. The molecular formula is C14H23NO2S2. The number of hydrogen-bond donors (Lipinski definition) is 1. The molecule has 0 unspecified atom stereocenters. The smallest absolute Gasteiger partial charge is 0.148 e. The summed E-state index contributed by atoms with van der Waals surface area (Å²) in [5.41, 5.74) is 1.24. The van der Waals surface area contributed by atoms with Gasteiger partial charge in [0, 0.05) is 23.4 Å². The van der Waals surface area contributed by atoms with Crippen LogP contribution in [0.1, 0.15) is 19.4 Å². The molecule has 0 amide bonds. The van der Waals surface area contributed by atoms with Crippen molar-refractivity contribution < 1.29 is 8.42 Å². The normalized spacial score (nSPS) is 12.0. The van der Waals surface area contributed by atoms with E-state index in [-0.39, 0.29) is 5.75 Å². The summed E-state index contributed by atoms with van der Waals surface area (Å²) in [5.74, 6) is 1.49. The molecule has 1 aromatic carbocycles. The van der Waals surface area contributed by atoms with Crippen LogP contribution < -0.4 is 5.32 Å². The SMILES string of the molecule is CC(C)CNCc1cccc(SCCS(C)(=O)=O)c1. The first-order chi connectivity index (χ1) is 8.87. The van der Waals surface area contributed by atoms with Crippen LogP contribution >= 0.6 is 11.8 Å². The van der Waals surface area contributed by atoms with Crippen LogP contribution in [-0.2, 0) is 16.4 Å². The van der Waals surface area contributed by atoms with E-state index < -0.39 is 9.84 Å². The van der Waals surface area contributed by atoms with E-state index in [1.807, 2.05) is 12.1 Å². The van der Waals surface area contributed by atoms with Gasteiger partial charge in [0.15, 0.2) is 0 Å². The molecule has 0 aromatic heterocycles. The van der Waals surface area contributed by atoms with E-state index in [4.69, 9.17) is 0 Å². The fourth-order valence-electron chi connectivity index (χ4n) is 1.56. The molecule has 5 heteroatoms. The van der Waals surface area contributed by atoms with Crippen LogP contribution in [0.2, 0.25) is 0 Å². The van der Waals surface area contributed by atoms with E-state index in [9.17, 15) is 8.42 Å². The van der Waals surface area contributed by atoms with Gasteiger partial charge in [0.2, 0.25) is 0 Å². The minimum atomic E-state index is -2.86. The fourth-order valence-corrected chi connectivity index (χ4v) is 3.75. The van der Waals surface area contributed by atoms with Crippen LogP contribution in [0.15, 0.2) is 29.2 Å². The number of benzene rings is 1. The molecule has 0 saturated heterocycles. The summed E-state index contributed by atoms with van der Waals surface area (Å²) in [5, 5.41) is 3.40. The maximum absolute atomic E-state index is 11.1. The average Bonchev–Trinajstić information content (AvgIpc) is 2.27. The first kappa shape index (κ1) is 16.5. The highest BCUT2D eigenvalue weighted by atomic mass is 32.2. The van der Waals surface area contributed by atoms with Crippen LogP contribution in [-0.4, -0.2) is 32.7 Å². The predicted octanol–water partition coefficient (Wildman–Crippen LogP) is 2.57. The average molecular weight is 301 g/mol. The molecule has 0 aliphatic carbocycles. The zero-order valence-corrected chi connectivity index (χ0v) is 13.5. The zero-order valence-electron chi connectivity index (χ0n) is 11.8. The van der Waals surface area contributed by atoms with Gasteiger partial charge in [-0.25, -0.2) is 8.42 Å². The van der Waals surface area contributed by atoms with E-state index in [1.54, 1.807) is 11.8 Å². The molecular weight excluding hydrogens is 278 g/mol. The van der Waals surface area contributed by atoms with Crippen molar-refractivity contribution >= 4 is 21.6 Å². The lowest BCUT2D eigenvalue weighted by molar-refractivity contribution is 0.552. The molecule has 1 aromatic rings. The largest absolute Gasteiger partial charge is 0.312 e. The van der Waals surface area contributed by atoms with Crippen LogP contribution in [0, 0.1) is 5.92 Å². The van der Waals surface area contributed by atoms with Gasteiger partial charge in [-0.15, -0.1) is 11.8 Å². The van der Waals surface area contributed by atoms with Gasteiger partial charge in [0.05, 0.1) is 5.75 Å². The molecule has 0 saturated carbocycles. The second kappa shape index (κ2) is 7.92. The molecule has 0 atom stereocenters. The standard InChI is InChI=1S/C14H23NO2S2/c1-12(2)10-15-11-13-5-4-6-14(9-13)18-7-8-19(3,16)17/h4-6,9,12,15H,7-8,10-11H2,1-3H3. The molecule has 0 fully saturated rings. The van der Waals surface area contributed by atoms with E-state index in [0.29, 0.717) is 11.7 Å². The lowest BCUT2D eigenvalue weighted by Gasteiger charge is -2.08. The Bertz CT molecular complexity index is 484. The van der Waals surface area contributed by atoms with Gasteiger partial charge in [0.25, 0.3) is 0 Å². The van der Waals surface area contributed by atoms with Crippen LogP contribution in [0.4, 0.5) is 0 Å². The molecule has 0 heterocycles. The van der Waals surface area contributed by atoms with Crippen molar-refractivity contribution in [2.75, 3.05) is 24.3 Å². The van der Waals surface area contributed by atoms with E-state index in [0.717, 1.165) is 18.0 Å². The topological polar surface area (TPSA) is 46.2 Å². The number of rotatable bonds is 8. The van der Waals surface area contributed by atoms with Crippen molar-refractivity contribution in [1.29, 1.82) is 0 Å². The third-order valence-electron chi connectivity index (χ3n) is 2.50. The van der Waals surface area contributed by atoms with Gasteiger partial charge in [-0.2, -0.15) is 0 Å². The monoisotopic (exact) mass is 301 g/mol.